The number of rotatable bonds is 6. The lowest BCUT2D eigenvalue weighted by Gasteiger charge is -2.19. The molecule has 0 fully saturated rings. The zero-order chi connectivity index (χ0) is 25.0. The van der Waals surface area contributed by atoms with E-state index in [0.717, 1.165) is 12.3 Å². The van der Waals surface area contributed by atoms with Crippen LogP contribution >= 0.6 is 0 Å². The zero-order valence-electron chi connectivity index (χ0n) is 19.3. The smallest absolute Gasteiger partial charge is 0.412 e. The first-order valence-corrected chi connectivity index (χ1v) is 10.3. The van der Waals surface area contributed by atoms with Gasteiger partial charge in [-0.3, -0.25) is 14.8 Å². The van der Waals surface area contributed by atoms with Gasteiger partial charge in [0.05, 0.1) is 53.7 Å². The number of hydrogen-bond acceptors (Lipinski definition) is 8. The van der Waals surface area contributed by atoms with Gasteiger partial charge in [0.25, 0.3) is 0 Å². The minimum atomic E-state index is -1.05. The van der Waals surface area contributed by atoms with Crippen LogP contribution in [-0.2, 0) is 27.7 Å². The highest BCUT2D eigenvalue weighted by Gasteiger charge is 2.22. The monoisotopic (exact) mass is 474 g/mol. The Hall–Kier alpha value is -3.96. The fourth-order valence-corrected chi connectivity index (χ4v) is 2.97. The molecule has 0 aliphatic carbocycles. The maximum Gasteiger partial charge on any atom is 0.412 e. The highest BCUT2D eigenvalue weighted by Crippen LogP contribution is 2.24. The number of carbonyl (C=O) groups excluding carboxylic acids is 2. The predicted octanol–water partition coefficient (Wildman–Crippen LogP) is 3.74. The Labute approximate surface area is 194 Å². The fraction of sp³-hybridized carbons (Fsp3) is 0.364. The van der Waals surface area contributed by atoms with Gasteiger partial charge in [-0.25, -0.2) is 24.1 Å². The molecule has 0 aliphatic rings. The summed E-state index contributed by atoms with van der Waals surface area (Å²) >= 11 is 0. The third-order valence-electron chi connectivity index (χ3n) is 4.49. The van der Waals surface area contributed by atoms with Crippen LogP contribution in [0.3, 0.4) is 0 Å². The Kier molecular flexibility index (Phi) is 7.18. The lowest BCUT2D eigenvalue weighted by molar-refractivity contribution is -0.148. The number of hydrogen-bond donors (Lipinski definition) is 1. The van der Waals surface area contributed by atoms with Crippen molar-refractivity contribution in [2.24, 2.45) is 7.05 Å². The standard InChI is InChI=1S/C22H24F2N6O4/c1-12(15-6-13(23)8-25-19(15)24)33-18(31)7-17-16(11-28-30(17)5)20-26-9-14(10-27-20)29-21(32)34-22(2,3)4/h6,8-12H,7H2,1-5H3,(H,29,32)/t12-/m1/s1. The van der Waals surface area contributed by atoms with Crippen molar-refractivity contribution in [2.75, 3.05) is 5.32 Å². The average Bonchev–Trinajstić information content (AvgIpc) is 3.09. The van der Waals surface area contributed by atoms with E-state index < -0.39 is 35.5 Å². The molecule has 34 heavy (non-hydrogen) atoms. The molecule has 0 spiro atoms. The minimum absolute atomic E-state index is 0.171. The van der Waals surface area contributed by atoms with Crippen molar-refractivity contribution in [3.8, 4) is 11.4 Å². The molecule has 3 heterocycles. The van der Waals surface area contributed by atoms with Crippen LogP contribution in [0.4, 0.5) is 19.3 Å². The number of pyridine rings is 1. The number of aryl methyl sites for hydroxylation is 1. The Bertz CT molecular complexity index is 1190. The predicted molar refractivity (Wildman–Crippen MR) is 116 cm³/mol. The summed E-state index contributed by atoms with van der Waals surface area (Å²) in [5.74, 6) is -2.09. The van der Waals surface area contributed by atoms with E-state index in [2.05, 4.69) is 25.4 Å². The van der Waals surface area contributed by atoms with E-state index in [9.17, 15) is 18.4 Å². The molecule has 3 aromatic heterocycles. The highest BCUT2D eigenvalue weighted by molar-refractivity contribution is 5.84. The second-order valence-electron chi connectivity index (χ2n) is 8.39. The summed E-state index contributed by atoms with van der Waals surface area (Å²) in [5.41, 5.74) is 0.410. The van der Waals surface area contributed by atoms with E-state index >= 15 is 0 Å². The van der Waals surface area contributed by atoms with Crippen molar-refractivity contribution < 1.29 is 27.8 Å². The summed E-state index contributed by atoms with van der Waals surface area (Å²) < 4.78 is 39.2. The zero-order valence-corrected chi connectivity index (χ0v) is 19.3. The third kappa shape index (κ3) is 6.30. The molecule has 0 unspecified atom stereocenters. The van der Waals surface area contributed by atoms with Crippen molar-refractivity contribution in [2.45, 2.75) is 45.8 Å². The molecule has 0 aromatic carbocycles. The number of anilines is 1. The molecule has 0 bridgehead atoms. The number of amides is 1. The molecule has 0 saturated heterocycles. The van der Waals surface area contributed by atoms with Crippen LogP contribution in [0.2, 0.25) is 0 Å². The molecule has 180 valence electrons. The Morgan fingerprint density at radius 3 is 2.44 bits per heavy atom. The van der Waals surface area contributed by atoms with Gasteiger partial charge in [-0.1, -0.05) is 0 Å². The fourth-order valence-electron chi connectivity index (χ4n) is 2.97. The van der Waals surface area contributed by atoms with Crippen LogP contribution in [0, 0.1) is 11.8 Å². The second kappa shape index (κ2) is 9.89. The Morgan fingerprint density at radius 1 is 1.12 bits per heavy atom. The largest absolute Gasteiger partial charge is 0.457 e. The molecule has 12 heteroatoms. The van der Waals surface area contributed by atoms with Crippen LogP contribution in [0.5, 0.6) is 0 Å². The van der Waals surface area contributed by atoms with Gasteiger partial charge in [0.1, 0.15) is 17.5 Å². The van der Waals surface area contributed by atoms with Gasteiger partial charge in [-0.15, -0.1) is 0 Å². The number of nitrogens with one attached hydrogen (secondary N) is 1. The van der Waals surface area contributed by atoms with E-state index in [0.29, 0.717) is 16.9 Å². The van der Waals surface area contributed by atoms with Gasteiger partial charge in [0, 0.05) is 7.05 Å². The van der Waals surface area contributed by atoms with Crippen LogP contribution in [0.15, 0.2) is 30.9 Å². The lowest BCUT2D eigenvalue weighted by Crippen LogP contribution is -2.27. The number of nitrogens with zero attached hydrogens (tertiary/aromatic N) is 5. The topological polar surface area (TPSA) is 121 Å². The van der Waals surface area contributed by atoms with Gasteiger partial charge in [0.15, 0.2) is 5.82 Å². The van der Waals surface area contributed by atoms with Crippen LogP contribution in [0.1, 0.15) is 45.1 Å². The Morgan fingerprint density at radius 2 is 1.79 bits per heavy atom. The molecule has 3 rings (SSSR count). The van der Waals surface area contributed by atoms with Crippen molar-refractivity contribution in [1.82, 2.24) is 24.7 Å². The maximum atomic E-state index is 13.9. The summed E-state index contributed by atoms with van der Waals surface area (Å²) in [7, 11) is 1.63. The normalized spacial score (nSPS) is 12.2. The van der Waals surface area contributed by atoms with Crippen molar-refractivity contribution >= 4 is 17.7 Å². The Balaban J connectivity index is 1.70. The summed E-state index contributed by atoms with van der Waals surface area (Å²) in [6.45, 7) is 6.65. The average molecular weight is 474 g/mol. The first kappa shape index (κ1) is 24.7. The van der Waals surface area contributed by atoms with E-state index in [4.69, 9.17) is 9.47 Å². The third-order valence-corrected chi connectivity index (χ3v) is 4.49. The van der Waals surface area contributed by atoms with Gasteiger partial charge >= 0.3 is 12.1 Å². The number of esters is 1. The molecule has 0 aliphatic heterocycles. The van der Waals surface area contributed by atoms with Crippen LogP contribution < -0.4 is 5.32 Å². The van der Waals surface area contributed by atoms with Gasteiger partial charge in [-0.2, -0.15) is 9.49 Å². The molecular formula is C22H24F2N6O4. The van der Waals surface area contributed by atoms with Crippen molar-refractivity contribution in [3.63, 3.8) is 0 Å². The molecule has 0 saturated carbocycles. The minimum Gasteiger partial charge on any atom is -0.457 e. The van der Waals surface area contributed by atoms with Gasteiger partial charge in [0.2, 0.25) is 5.95 Å². The van der Waals surface area contributed by atoms with E-state index in [1.807, 2.05) is 0 Å². The summed E-state index contributed by atoms with van der Waals surface area (Å²) in [6.07, 6.45) is 3.09. The summed E-state index contributed by atoms with van der Waals surface area (Å²) in [4.78, 5) is 36.1. The number of ether oxygens (including phenoxy) is 2. The molecule has 10 nitrogen and oxygen atoms in total. The maximum absolute atomic E-state index is 13.9. The van der Waals surface area contributed by atoms with Crippen molar-refractivity contribution in [1.29, 1.82) is 0 Å². The lowest BCUT2D eigenvalue weighted by atomic mass is 10.1. The molecule has 1 N–H and O–H groups in total. The number of aromatic nitrogens is 5. The highest BCUT2D eigenvalue weighted by atomic mass is 19.1. The quantitative estimate of drug-likeness (QED) is 0.424. The van der Waals surface area contributed by atoms with Crippen molar-refractivity contribution in [3.05, 3.63) is 53.9 Å². The number of carbonyl (C=O) groups is 2. The van der Waals surface area contributed by atoms with Gasteiger partial charge in [-0.05, 0) is 33.8 Å². The summed E-state index contributed by atoms with van der Waals surface area (Å²) in [6, 6.07) is 0.927. The molecule has 0 radical (unpaired) electrons. The van der Waals surface area contributed by atoms with E-state index in [1.165, 1.54) is 30.2 Å². The van der Waals surface area contributed by atoms with E-state index in [-0.39, 0.29) is 17.8 Å². The first-order valence-electron chi connectivity index (χ1n) is 10.3. The van der Waals surface area contributed by atoms with Crippen LogP contribution in [-0.4, -0.2) is 42.4 Å². The van der Waals surface area contributed by atoms with E-state index in [1.54, 1.807) is 27.8 Å². The second-order valence-corrected chi connectivity index (χ2v) is 8.39. The molecular weight excluding hydrogens is 450 g/mol. The SMILES string of the molecule is C[C@@H](OC(=O)Cc1c(-c2ncc(NC(=O)OC(C)(C)C)cn2)cnn1C)c1cc(F)cnc1F. The molecule has 1 atom stereocenters. The summed E-state index contributed by atoms with van der Waals surface area (Å²) in [5, 5.41) is 6.67. The first-order chi connectivity index (χ1) is 15.9. The van der Waals surface area contributed by atoms with Gasteiger partial charge < -0.3 is 9.47 Å². The molecule has 1 amide bonds. The number of halogens is 2. The van der Waals surface area contributed by atoms with Crippen LogP contribution in [0.25, 0.3) is 11.4 Å². The molecule has 3 aromatic rings.